The second-order valence-corrected chi connectivity index (χ2v) is 22.1. The number of benzene rings is 8. The average Bonchev–Trinajstić information content (AvgIpc) is 3.66. The van der Waals surface area contributed by atoms with Crippen molar-refractivity contribution in [1.29, 1.82) is 0 Å². The molecule has 8 aromatic carbocycles. The van der Waals surface area contributed by atoms with E-state index in [4.69, 9.17) is 0 Å². The van der Waals surface area contributed by atoms with Crippen molar-refractivity contribution in [2.75, 3.05) is 0 Å². The summed E-state index contributed by atoms with van der Waals surface area (Å²) in [7, 11) is 0. The molecule has 84 heavy (non-hydrogen) atoms. The second-order valence-electron chi connectivity index (χ2n) is 22.1. The van der Waals surface area contributed by atoms with Gasteiger partial charge in [0.15, 0.2) is 0 Å². The predicted molar refractivity (Wildman–Crippen MR) is 367 cm³/mol. The van der Waals surface area contributed by atoms with E-state index in [1.165, 1.54) is 73.6 Å². The summed E-state index contributed by atoms with van der Waals surface area (Å²) in [6, 6.07) is 67.7. The van der Waals surface area contributed by atoms with Crippen molar-refractivity contribution in [3.05, 3.63) is 262 Å². The van der Waals surface area contributed by atoms with Gasteiger partial charge in [-0.15, -0.1) is 0 Å². The normalized spacial score (nSPS) is 11.5. The molecule has 0 spiro atoms. The van der Waals surface area contributed by atoms with Crippen LogP contribution < -0.4 is 0 Å². The maximum Gasteiger partial charge on any atom is 0.122 e. The lowest BCUT2D eigenvalue weighted by molar-refractivity contribution is 0.339. The van der Waals surface area contributed by atoms with Crippen LogP contribution in [-0.2, 0) is 12.8 Å². The summed E-state index contributed by atoms with van der Waals surface area (Å²) in [5.74, 6) is 5.41. The van der Waals surface area contributed by atoms with Crippen molar-refractivity contribution in [3.8, 4) is 23.0 Å². The molecule has 456 valence electrons. The minimum Gasteiger partial charge on any atom is -0.508 e. The summed E-state index contributed by atoms with van der Waals surface area (Å²) in [6.07, 6.45) is 13.0. The molecule has 8 aromatic rings. The number of hydrogen-bond donors (Lipinski definition) is 4. The molecule has 4 heteroatoms. The van der Waals surface area contributed by atoms with E-state index in [1.54, 1.807) is 24.3 Å². The first kappa shape index (κ1) is 75.0. The first-order chi connectivity index (χ1) is 40.5. The predicted octanol–water partition coefficient (Wildman–Crippen LogP) is 23.4. The smallest absolute Gasteiger partial charge is 0.122 e. The summed E-state index contributed by atoms with van der Waals surface area (Å²) in [5.41, 5.74) is 11.2. The van der Waals surface area contributed by atoms with E-state index in [1.807, 2.05) is 146 Å². The fourth-order valence-corrected chi connectivity index (χ4v) is 9.80. The maximum atomic E-state index is 10.0. The molecule has 0 heterocycles. The average molecular weight is 1140 g/mol. The van der Waals surface area contributed by atoms with Gasteiger partial charge in [0.25, 0.3) is 0 Å². The van der Waals surface area contributed by atoms with Crippen LogP contribution in [0.25, 0.3) is 0 Å². The number of phenolic OH excluding ortho intramolecular Hbond substituents is 4. The fraction of sp³-hybridized carbons (Fsp3) is 0.400. The third-order valence-electron chi connectivity index (χ3n) is 15.2. The lowest BCUT2D eigenvalue weighted by Gasteiger charge is -2.17. The van der Waals surface area contributed by atoms with Crippen molar-refractivity contribution >= 4 is 0 Å². The van der Waals surface area contributed by atoms with Gasteiger partial charge < -0.3 is 20.4 Å². The molecule has 0 aliphatic rings. The molecule has 0 bridgehead atoms. The third kappa shape index (κ3) is 30.0. The van der Waals surface area contributed by atoms with E-state index in [0.29, 0.717) is 17.2 Å². The largest absolute Gasteiger partial charge is 0.508 e. The van der Waals surface area contributed by atoms with Gasteiger partial charge in [-0.1, -0.05) is 330 Å². The monoisotopic (exact) mass is 1140 g/mol. The Bertz CT molecular complexity index is 2750. The van der Waals surface area contributed by atoms with Crippen LogP contribution >= 0.6 is 0 Å². The molecule has 4 N–H and O–H groups in total. The minimum absolute atomic E-state index is 0.107. The molecule has 8 rings (SSSR count). The summed E-state index contributed by atoms with van der Waals surface area (Å²) in [6.45, 7) is 34.5. The maximum absolute atomic E-state index is 10.0. The molecule has 4 unspecified atom stereocenters. The lowest BCUT2D eigenvalue weighted by atomic mass is 9.89. The van der Waals surface area contributed by atoms with Crippen LogP contribution in [0.3, 0.4) is 0 Å². The van der Waals surface area contributed by atoms with Crippen molar-refractivity contribution < 1.29 is 20.4 Å². The number of aromatic hydroxyl groups is 4. The van der Waals surface area contributed by atoms with Crippen LogP contribution in [0.15, 0.2) is 206 Å². The highest BCUT2D eigenvalue weighted by molar-refractivity contribution is 5.47. The van der Waals surface area contributed by atoms with E-state index in [-0.39, 0.29) is 17.6 Å². The quantitative estimate of drug-likeness (QED) is 0.0690. The molecule has 0 radical (unpaired) electrons. The van der Waals surface area contributed by atoms with E-state index in [2.05, 4.69) is 147 Å². The van der Waals surface area contributed by atoms with Crippen LogP contribution in [0.1, 0.15) is 216 Å². The molecule has 0 aromatic heterocycles. The van der Waals surface area contributed by atoms with Gasteiger partial charge in [0, 0.05) is 23.0 Å². The van der Waals surface area contributed by atoms with Gasteiger partial charge in [-0.05, 0) is 119 Å². The van der Waals surface area contributed by atoms with E-state index >= 15 is 0 Å². The Kier molecular flexibility index (Phi) is 40.5. The number of aryl methyl sites for hydroxylation is 2. The van der Waals surface area contributed by atoms with Gasteiger partial charge in [0.05, 0.1) is 0 Å². The highest BCUT2D eigenvalue weighted by Gasteiger charge is 2.15. The van der Waals surface area contributed by atoms with Crippen LogP contribution in [0, 0.1) is 37.5 Å². The van der Waals surface area contributed by atoms with Crippen LogP contribution in [0.4, 0.5) is 0 Å². The van der Waals surface area contributed by atoms with Gasteiger partial charge >= 0.3 is 0 Å². The molecular formula is C80H112O4. The first-order valence-electron chi connectivity index (χ1n) is 31.8. The Morgan fingerprint density at radius 2 is 0.655 bits per heavy atom. The van der Waals surface area contributed by atoms with Gasteiger partial charge in [-0.3, -0.25) is 0 Å². The highest BCUT2D eigenvalue weighted by atomic mass is 16.3. The molecule has 0 fully saturated rings. The molecule has 4 nitrogen and oxygen atoms in total. The van der Waals surface area contributed by atoms with Crippen molar-refractivity contribution in [1.82, 2.24) is 0 Å². The van der Waals surface area contributed by atoms with E-state index in [0.717, 1.165) is 69.9 Å². The van der Waals surface area contributed by atoms with Crippen molar-refractivity contribution in [2.45, 2.75) is 187 Å². The standard InChI is InChI=1S/C15H16O2.C15H16O.C13H12O.C13H12.2C10H22.2C2H6/c1-10-4-3-5-14(15(10)17)11(2)12-6-8-13(16)9-7-12;1-11-7-6-10-14(15(11)16)12(2)13-8-4-3-5-9-13;14-13-8-4-7-12(10-13)9-11-5-2-1-3-6-11;1-3-7-12(8-4-1)11-13-9-5-2-6-10-13;2*1-5-7-8-10(6-2)9(3)4;2*1-2/h3-9,11,16-17H,1-2H3;3-10,12,16H,1-2H3;1-8,10,14H,9H2;1-10H,11H2;2*9-10H,5-8H2,1-4H3;2*1-2H3. The lowest BCUT2D eigenvalue weighted by Crippen LogP contribution is -2.06. The number of phenols is 4. The number of hydrogen-bond acceptors (Lipinski definition) is 4. The number of para-hydroxylation sites is 2. The van der Waals surface area contributed by atoms with Crippen LogP contribution in [0.2, 0.25) is 0 Å². The van der Waals surface area contributed by atoms with Crippen molar-refractivity contribution in [2.24, 2.45) is 23.7 Å². The topological polar surface area (TPSA) is 80.9 Å². The SMILES string of the molecule is CC.CC.CCCCC(CC)C(C)C.CCCCC(CC)C(C)C.Cc1cccc(C(C)c2ccc(O)cc2)c1O.Cc1cccc(C(C)c2ccccc2)c1O.Oc1cccc(Cc2ccccc2)c1.c1ccc(Cc2ccccc2)cc1. The first-order valence-corrected chi connectivity index (χ1v) is 31.8. The van der Waals surface area contributed by atoms with Crippen LogP contribution in [-0.4, -0.2) is 20.4 Å². The molecule has 0 aliphatic carbocycles. The highest BCUT2D eigenvalue weighted by Crippen LogP contribution is 2.34. The van der Waals surface area contributed by atoms with Crippen LogP contribution in [0.5, 0.6) is 23.0 Å². The number of unbranched alkanes of at least 4 members (excludes halogenated alkanes) is 2. The van der Waals surface area contributed by atoms with Gasteiger partial charge in [-0.25, -0.2) is 0 Å². The summed E-state index contributed by atoms with van der Waals surface area (Å²) in [4.78, 5) is 0. The van der Waals surface area contributed by atoms with Crippen molar-refractivity contribution in [3.63, 3.8) is 0 Å². The summed E-state index contributed by atoms with van der Waals surface area (Å²) in [5, 5.41) is 38.6. The van der Waals surface area contributed by atoms with E-state index in [9.17, 15) is 20.4 Å². The Morgan fingerprint density at radius 3 is 0.988 bits per heavy atom. The zero-order chi connectivity index (χ0) is 62.7. The second kappa shape index (κ2) is 45.4. The molecule has 0 aliphatic heterocycles. The Balaban J connectivity index is 0.000000503. The zero-order valence-corrected chi connectivity index (χ0v) is 55.0. The molecule has 0 saturated heterocycles. The molecule has 4 atom stereocenters. The Morgan fingerprint density at radius 1 is 0.333 bits per heavy atom. The molecule has 0 amide bonds. The van der Waals surface area contributed by atoms with Gasteiger partial charge in [-0.2, -0.15) is 0 Å². The Hall–Kier alpha value is -7.04. The number of rotatable bonds is 18. The van der Waals surface area contributed by atoms with Gasteiger partial charge in [0.1, 0.15) is 23.0 Å². The van der Waals surface area contributed by atoms with Gasteiger partial charge in [0.2, 0.25) is 0 Å². The minimum atomic E-state index is 0.107. The Labute approximate surface area is 513 Å². The molecular weight excluding hydrogens is 1020 g/mol. The molecule has 0 saturated carbocycles. The summed E-state index contributed by atoms with van der Waals surface area (Å²) < 4.78 is 0. The zero-order valence-electron chi connectivity index (χ0n) is 55.0. The fourth-order valence-electron chi connectivity index (χ4n) is 9.80. The summed E-state index contributed by atoms with van der Waals surface area (Å²) >= 11 is 0. The van der Waals surface area contributed by atoms with E-state index < -0.39 is 0 Å². The third-order valence-corrected chi connectivity index (χ3v) is 15.2.